The SMILES string of the molecule is CC(C)N1C(=O)C(=O)N(CC(=O)Nc2ccc(OC(F)F)c(Cl)c2)C1=O. The first-order valence-corrected chi connectivity index (χ1v) is 7.72. The van der Waals surface area contributed by atoms with Crippen molar-refractivity contribution in [1.29, 1.82) is 0 Å². The van der Waals surface area contributed by atoms with Crippen molar-refractivity contribution < 1.29 is 32.7 Å². The summed E-state index contributed by atoms with van der Waals surface area (Å²) in [6, 6.07) is 2.12. The van der Waals surface area contributed by atoms with Crippen molar-refractivity contribution in [2.24, 2.45) is 0 Å². The van der Waals surface area contributed by atoms with Crippen LogP contribution in [-0.2, 0) is 14.4 Å². The molecule has 2 rings (SSSR count). The van der Waals surface area contributed by atoms with Gasteiger partial charge in [0.2, 0.25) is 5.91 Å². The monoisotopic (exact) mass is 389 g/mol. The average Bonchev–Trinajstić information content (AvgIpc) is 2.73. The van der Waals surface area contributed by atoms with E-state index in [1.807, 2.05) is 0 Å². The van der Waals surface area contributed by atoms with Gasteiger partial charge in [0.15, 0.2) is 0 Å². The topological polar surface area (TPSA) is 96.0 Å². The van der Waals surface area contributed by atoms with Gasteiger partial charge in [0.25, 0.3) is 0 Å². The fourth-order valence-electron chi connectivity index (χ4n) is 2.23. The van der Waals surface area contributed by atoms with Crippen molar-refractivity contribution in [3.63, 3.8) is 0 Å². The highest BCUT2D eigenvalue weighted by Gasteiger charge is 2.46. The van der Waals surface area contributed by atoms with Gasteiger partial charge in [-0.25, -0.2) is 9.69 Å². The van der Waals surface area contributed by atoms with Crippen LogP contribution >= 0.6 is 11.6 Å². The zero-order valence-corrected chi connectivity index (χ0v) is 14.4. The first-order valence-electron chi connectivity index (χ1n) is 7.35. The molecule has 140 valence electrons. The van der Waals surface area contributed by atoms with E-state index in [0.29, 0.717) is 4.90 Å². The van der Waals surface area contributed by atoms with Crippen LogP contribution in [0.15, 0.2) is 18.2 Å². The number of amides is 5. The number of hydrogen-bond acceptors (Lipinski definition) is 5. The van der Waals surface area contributed by atoms with Gasteiger partial charge in [-0.15, -0.1) is 0 Å². The highest BCUT2D eigenvalue weighted by Crippen LogP contribution is 2.29. The minimum atomic E-state index is -3.05. The summed E-state index contributed by atoms with van der Waals surface area (Å²) >= 11 is 5.77. The molecule has 1 aromatic carbocycles. The van der Waals surface area contributed by atoms with Crippen molar-refractivity contribution in [3.8, 4) is 5.75 Å². The highest BCUT2D eigenvalue weighted by molar-refractivity contribution is 6.45. The smallest absolute Gasteiger partial charge is 0.387 e. The van der Waals surface area contributed by atoms with Gasteiger partial charge in [-0.2, -0.15) is 8.78 Å². The van der Waals surface area contributed by atoms with E-state index in [0.717, 1.165) is 17.0 Å². The average molecular weight is 390 g/mol. The van der Waals surface area contributed by atoms with Crippen LogP contribution in [0, 0.1) is 0 Å². The second-order valence-corrected chi connectivity index (χ2v) is 5.92. The molecule has 1 aliphatic heterocycles. The molecule has 0 bridgehead atoms. The lowest BCUT2D eigenvalue weighted by molar-refractivity contribution is -0.144. The van der Waals surface area contributed by atoms with Gasteiger partial charge in [0.1, 0.15) is 12.3 Å². The predicted octanol–water partition coefficient (Wildman–Crippen LogP) is 2.08. The number of rotatable bonds is 6. The lowest BCUT2D eigenvalue weighted by Gasteiger charge is -2.18. The first kappa shape index (κ1) is 19.6. The maximum absolute atomic E-state index is 12.2. The molecule has 0 saturated carbocycles. The van der Waals surface area contributed by atoms with Crippen molar-refractivity contribution >= 4 is 41.0 Å². The van der Waals surface area contributed by atoms with Crippen molar-refractivity contribution in [1.82, 2.24) is 9.80 Å². The molecule has 0 atom stereocenters. The number of carbonyl (C=O) groups excluding carboxylic acids is 4. The lowest BCUT2D eigenvalue weighted by atomic mass is 10.3. The number of alkyl halides is 2. The second-order valence-electron chi connectivity index (χ2n) is 5.51. The van der Waals surface area contributed by atoms with E-state index in [1.165, 1.54) is 6.07 Å². The van der Waals surface area contributed by atoms with Gasteiger partial charge >= 0.3 is 24.5 Å². The third-order valence-corrected chi connectivity index (χ3v) is 3.63. The lowest BCUT2D eigenvalue weighted by Crippen LogP contribution is -2.40. The Morgan fingerprint density at radius 2 is 1.88 bits per heavy atom. The molecule has 0 radical (unpaired) electrons. The fourth-order valence-corrected chi connectivity index (χ4v) is 2.46. The number of carbonyl (C=O) groups is 4. The van der Waals surface area contributed by atoms with E-state index in [2.05, 4.69) is 10.1 Å². The normalized spacial score (nSPS) is 14.7. The number of nitrogens with zero attached hydrogens (tertiary/aromatic N) is 2. The van der Waals surface area contributed by atoms with E-state index in [4.69, 9.17) is 11.6 Å². The van der Waals surface area contributed by atoms with Gasteiger partial charge < -0.3 is 10.1 Å². The molecule has 1 N–H and O–H groups in total. The highest BCUT2D eigenvalue weighted by atomic mass is 35.5. The Balaban J connectivity index is 2.05. The van der Waals surface area contributed by atoms with Crippen LogP contribution in [0.5, 0.6) is 5.75 Å². The summed E-state index contributed by atoms with van der Waals surface area (Å²) in [5.41, 5.74) is 0.132. The minimum absolute atomic E-state index is 0.132. The maximum atomic E-state index is 12.2. The van der Waals surface area contributed by atoms with Crippen LogP contribution in [0.4, 0.5) is 19.3 Å². The van der Waals surface area contributed by atoms with Gasteiger partial charge in [0.05, 0.1) is 5.02 Å². The van der Waals surface area contributed by atoms with Crippen molar-refractivity contribution in [3.05, 3.63) is 23.2 Å². The maximum Gasteiger partial charge on any atom is 0.387 e. The molecule has 8 nitrogen and oxygen atoms in total. The van der Waals surface area contributed by atoms with Crippen LogP contribution in [0.3, 0.4) is 0 Å². The minimum Gasteiger partial charge on any atom is -0.433 e. The summed E-state index contributed by atoms with van der Waals surface area (Å²) in [5.74, 6) is -3.15. The fraction of sp³-hybridized carbons (Fsp3) is 0.333. The summed E-state index contributed by atoms with van der Waals surface area (Å²) in [5, 5.41) is 2.18. The van der Waals surface area contributed by atoms with Gasteiger partial charge in [-0.3, -0.25) is 19.3 Å². The van der Waals surface area contributed by atoms with Crippen LogP contribution < -0.4 is 10.1 Å². The molecule has 0 unspecified atom stereocenters. The van der Waals surface area contributed by atoms with E-state index < -0.39 is 43.0 Å². The number of hydrogen-bond donors (Lipinski definition) is 1. The second kappa shape index (κ2) is 7.65. The van der Waals surface area contributed by atoms with Crippen LogP contribution in [0.25, 0.3) is 0 Å². The Hall–Kier alpha value is -2.75. The number of ether oxygens (including phenoxy) is 1. The molecule has 1 fully saturated rings. The molecular formula is C15H14ClF2N3O5. The molecule has 1 heterocycles. The molecule has 0 aliphatic carbocycles. The quantitative estimate of drug-likeness (QED) is 0.593. The zero-order chi connectivity index (χ0) is 19.6. The van der Waals surface area contributed by atoms with Gasteiger partial charge in [-0.05, 0) is 32.0 Å². The molecular weight excluding hydrogens is 376 g/mol. The standard InChI is InChI=1S/C15H14ClF2N3O5/c1-7(2)21-13(24)12(23)20(15(21)25)6-11(22)19-8-3-4-10(9(16)5-8)26-14(17)18/h3-5,7,14H,6H2,1-2H3,(H,19,22). The Labute approximate surface area is 151 Å². The largest absolute Gasteiger partial charge is 0.433 e. The van der Waals surface area contributed by atoms with Gasteiger partial charge in [-0.1, -0.05) is 11.6 Å². The molecule has 5 amide bonds. The number of benzene rings is 1. The summed E-state index contributed by atoms with van der Waals surface area (Å²) in [4.78, 5) is 49.0. The number of nitrogens with one attached hydrogen (secondary N) is 1. The van der Waals surface area contributed by atoms with Crippen LogP contribution in [-0.4, -0.2) is 52.8 Å². The molecule has 0 aromatic heterocycles. The van der Waals surface area contributed by atoms with Gasteiger partial charge in [0, 0.05) is 11.7 Å². The molecule has 0 spiro atoms. The third-order valence-electron chi connectivity index (χ3n) is 3.33. The Bertz CT molecular complexity index is 772. The van der Waals surface area contributed by atoms with E-state index in [-0.39, 0.29) is 16.5 Å². The third kappa shape index (κ3) is 4.07. The van der Waals surface area contributed by atoms with E-state index >= 15 is 0 Å². The summed E-state index contributed by atoms with van der Waals surface area (Å²) in [6.45, 7) is -0.629. The predicted molar refractivity (Wildman–Crippen MR) is 85.8 cm³/mol. The zero-order valence-electron chi connectivity index (χ0n) is 13.7. The number of anilines is 1. The Morgan fingerprint density at radius 1 is 1.23 bits per heavy atom. The molecule has 1 aromatic rings. The van der Waals surface area contributed by atoms with Crippen LogP contribution in [0.1, 0.15) is 13.8 Å². The Kier molecular flexibility index (Phi) is 5.76. The number of urea groups is 1. The molecule has 1 saturated heterocycles. The Morgan fingerprint density at radius 3 is 2.38 bits per heavy atom. The molecule has 11 heteroatoms. The summed E-state index contributed by atoms with van der Waals surface area (Å²) in [6.07, 6.45) is 0. The van der Waals surface area contributed by atoms with E-state index in [9.17, 15) is 28.0 Å². The van der Waals surface area contributed by atoms with Crippen molar-refractivity contribution in [2.45, 2.75) is 26.5 Å². The number of imide groups is 2. The summed E-state index contributed by atoms with van der Waals surface area (Å²) in [7, 11) is 0. The summed E-state index contributed by atoms with van der Waals surface area (Å²) < 4.78 is 28.5. The molecule has 1 aliphatic rings. The number of halogens is 3. The first-order chi connectivity index (χ1) is 12.1. The molecule has 26 heavy (non-hydrogen) atoms. The van der Waals surface area contributed by atoms with Crippen molar-refractivity contribution in [2.75, 3.05) is 11.9 Å². The van der Waals surface area contributed by atoms with E-state index in [1.54, 1.807) is 13.8 Å². The van der Waals surface area contributed by atoms with Crippen LogP contribution in [0.2, 0.25) is 5.02 Å².